The number of rotatable bonds is 5. The van der Waals surface area contributed by atoms with E-state index in [1.54, 1.807) is 24.3 Å². The quantitative estimate of drug-likeness (QED) is 0.668. The van der Waals surface area contributed by atoms with Crippen molar-refractivity contribution in [2.75, 3.05) is 6.54 Å². The van der Waals surface area contributed by atoms with Crippen molar-refractivity contribution in [3.63, 3.8) is 0 Å². The van der Waals surface area contributed by atoms with E-state index < -0.39 is 12.0 Å². The third-order valence-corrected chi connectivity index (χ3v) is 3.79. The second-order valence-corrected chi connectivity index (χ2v) is 5.50. The smallest absolute Gasteiger partial charge is 0.338 e. The molecule has 0 radical (unpaired) electrons. The largest absolute Gasteiger partial charge is 0.457 e. The van der Waals surface area contributed by atoms with Crippen LogP contribution in [0.1, 0.15) is 21.5 Å². The molecule has 1 heterocycles. The van der Waals surface area contributed by atoms with Gasteiger partial charge in [-0.1, -0.05) is 30.3 Å². The number of urea groups is 1. The third-order valence-electron chi connectivity index (χ3n) is 3.79. The standard InChI is InChI=1S/C18H15FN2O4/c19-14-7-5-12(6-8-14)11-25-17(23)15-4-2-1-3-13(15)10-21-16(22)9-20-18(21)24/h1-8H,9-11H2,(H,20,24). The molecular weight excluding hydrogens is 327 g/mol. The highest BCUT2D eigenvalue weighted by atomic mass is 19.1. The Kier molecular flexibility index (Phi) is 4.74. The van der Waals surface area contributed by atoms with Gasteiger partial charge in [-0.05, 0) is 29.3 Å². The molecule has 0 aliphatic carbocycles. The molecule has 6 nitrogen and oxygen atoms in total. The fourth-order valence-electron chi connectivity index (χ4n) is 2.45. The van der Waals surface area contributed by atoms with Gasteiger partial charge < -0.3 is 10.1 Å². The van der Waals surface area contributed by atoms with Crippen LogP contribution in [-0.4, -0.2) is 29.4 Å². The number of amides is 3. The van der Waals surface area contributed by atoms with Crippen LogP contribution in [0.5, 0.6) is 0 Å². The van der Waals surface area contributed by atoms with Crippen LogP contribution in [0.3, 0.4) is 0 Å². The molecule has 0 atom stereocenters. The molecule has 0 bridgehead atoms. The summed E-state index contributed by atoms with van der Waals surface area (Å²) in [6.45, 7) is -0.0565. The van der Waals surface area contributed by atoms with Gasteiger partial charge in [0.1, 0.15) is 12.4 Å². The molecule has 1 N–H and O–H groups in total. The fraction of sp³-hybridized carbons (Fsp3) is 0.167. The Balaban J connectivity index is 1.71. The summed E-state index contributed by atoms with van der Waals surface area (Å²) in [7, 11) is 0. The molecule has 2 aromatic carbocycles. The summed E-state index contributed by atoms with van der Waals surface area (Å²) in [6, 6.07) is 11.8. The Morgan fingerprint density at radius 1 is 1.12 bits per heavy atom. The lowest BCUT2D eigenvalue weighted by Gasteiger charge is -2.15. The first-order valence-corrected chi connectivity index (χ1v) is 7.62. The molecule has 3 rings (SSSR count). The average molecular weight is 342 g/mol. The number of nitrogens with zero attached hydrogens (tertiary/aromatic N) is 1. The van der Waals surface area contributed by atoms with Gasteiger partial charge in [-0.2, -0.15) is 0 Å². The van der Waals surface area contributed by atoms with E-state index in [0.717, 1.165) is 4.90 Å². The van der Waals surface area contributed by atoms with Crippen molar-refractivity contribution < 1.29 is 23.5 Å². The molecule has 3 amide bonds. The maximum absolute atomic E-state index is 12.9. The Morgan fingerprint density at radius 2 is 1.84 bits per heavy atom. The zero-order chi connectivity index (χ0) is 17.8. The molecule has 0 aromatic heterocycles. The van der Waals surface area contributed by atoms with E-state index in [4.69, 9.17) is 4.74 Å². The minimum Gasteiger partial charge on any atom is -0.457 e. The molecule has 1 fully saturated rings. The first kappa shape index (κ1) is 16.6. The molecule has 128 valence electrons. The van der Waals surface area contributed by atoms with E-state index >= 15 is 0 Å². The minimum atomic E-state index is -0.577. The van der Waals surface area contributed by atoms with E-state index in [1.165, 1.54) is 24.3 Å². The summed E-state index contributed by atoms with van der Waals surface area (Å²) < 4.78 is 18.1. The number of ether oxygens (including phenoxy) is 1. The Bertz CT molecular complexity index is 804. The van der Waals surface area contributed by atoms with E-state index in [-0.39, 0.29) is 37.0 Å². The predicted octanol–water partition coefficient (Wildman–Crippen LogP) is 2.23. The zero-order valence-electron chi connectivity index (χ0n) is 13.2. The third kappa shape index (κ3) is 3.82. The number of imide groups is 1. The van der Waals surface area contributed by atoms with Crippen molar-refractivity contribution in [2.45, 2.75) is 13.2 Å². The van der Waals surface area contributed by atoms with Crippen molar-refractivity contribution >= 4 is 17.9 Å². The van der Waals surface area contributed by atoms with Gasteiger partial charge in [-0.15, -0.1) is 0 Å². The Morgan fingerprint density at radius 3 is 2.52 bits per heavy atom. The molecule has 2 aromatic rings. The summed E-state index contributed by atoms with van der Waals surface area (Å²) in [5, 5.41) is 2.43. The number of hydrogen-bond acceptors (Lipinski definition) is 4. The highest BCUT2D eigenvalue weighted by Crippen LogP contribution is 2.16. The van der Waals surface area contributed by atoms with Crippen molar-refractivity contribution in [3.8, 4) is 0 Å². The normalized spacial score (nSPS) is 13.7. The number of hydrogen-bond donors (Lipinski definition) is 1. The van der Waals surface area contributed by atoms with Gasteiger partial charge in [0.25, 0.3) is 0 Å². The Labute approximate surface area is 143 Å². The SMILES string of the molecule is O=C(OCc1ccc(F)cc1)c1ccccc1CN1C(=O)CNC1=O. The summed E-state index contributed by atoms with van der Waals surface area (Å²) in [5.74, 6) is -1.29. The predicted molar refractivity (Wildman–Crippen MR) is 85.9 cm³/mol. The summed E-state index contributed by atoms with van der Waals surface area (Å²) in [5.41, 5.74) is 1.44. The van der Waals surface area contributed by atoms with Gasteiger partial charge in [0, 0.05) is 0 Å². The molecule has 25 heavy (non-hydrogen) atoms. The van der Waals surface area contributed by atoms with E-state index in [9.17, 15) is 18.8 Å². The Hall–Kier alpha value is -3.22. The number of nitrogens with one attached hydrogen (secondary N) is 1. The maximum Gasteiger partial charge on any atom is 0.338 e. The van der Waals surface area contributed by atoms with Crippen LogP contribution in [0, 0.1) is 5.82 Å². The first-order valence-electron chi connectivity index (χ1n) is 7.62. The molecule has 7 heteroatoms. The highest BCUT2D eigenvalue weighted by molar-refractivity contribution is 6.02. The van der Waals surface area contributed by atoms with Crippen molar-refractivity contribution in [1.82, 2.24) is 10.2 Å². The summed E-state index contributed by atoms with van der Waals surface area (Å²) in [4.78, 5) is 36.7. The zero-order valence-corrected chi connectivity index (χ0v) is 13.2. The fourth-order valence-corrected chi connectivity index (χ4v) is 2.45. The molecule has 1 aliphatic rings. The number of halogens is 1. The van der Waals surface area contributed by atoms with Gasteiger partial charge >= 0.3 is 12.0 Å². The second kappa shape index (κ2) is 7.12. The van der Waals surface area contributed by atoms with Gasteiger partial charge in [-0.25, -0.2) is 14.0 Å². The van der Waals surface area contributed by atoms with Crippen LogP contribution in [-0.2, 0) is 22.7 Å². The first-order chi connectivity index (χ1) is 12.0. The van der Waals surface area contributed by atoms with Crippen LogP contribution >= 0.6 is 0 Å². The summed E-state index contributed by atoms with van der Waals surface area (Å²) >= 11 is 0. The van der Waals surface area contributed by atoms with Crippen molar-refractivity contribution in [1.29, 1.82) is 0 Å². The molecule has 1 aliphatic heterocycles. The van der Waals surface area contributed by atoms with Crippen molar-refractivity contribution in [2.24, 2.45) is 0 Å². The highest BCUT2D eigenvalue weighted by Gasteiger charge is 2.29. The van der Waals surface area contributed by atoms with Crippen LogP contribution in [0.15, 0.2) is 48.5 Å². The lowest BCUT2D eigenvalue weighted by atomic mass is 10.1. The lowest BCUT2D eigenvalue weighted by Crippen LogP contribution is -2.31. The lowest BCUT2D eigenvalue weighted by molar-refractivity contribution is -0.125. The van der Waals surface area contributed by atoms with E-state index in [2.05, 4.69) is 5.32 Å². The number of carbonyl (C=O) groups excluding carboxylic acids is 3. The molecule has 0 unspecified atom stereocenters. The van der Waals surface area contributed by atoms with Crippen LogP contribution in [0.2, 0.25) is 0 Å². The van der Waals surface area contributed by atoms with Gasteiger partial charge in [0.15, 0.2) is 0 Å². The number of esters is 1. The van der Waals surface area contributed by atoms with Crippen LogP contribution < -0.4 is 5.32 Å². The monoisotopic (exact) mass is 342 g/mol. The van der Waals surface area contributed by atoms with Gasteiger partial charge in [-0.3, -0.25) is 9.69 Å². The van der Waals surface area contributed by atoms with E-state index in [1.807, 2.05) is 0 Å². The molecule has 0 spiro atoms. The average Bonchev–Trinajstić information content (AvgIpc) is 2.93. The molecule has 0 saturated carbocycles. The maximum atomic E-state index is 12.9. The van der Waals surface area contributed by atoms with E-state index in [0.29, 0.717) is 11.1 Å². The second-order valence-electron chi connectivity index (χ2n) is 5.50. The van der Waals surface area contributed by atoms with Gasteiger partial charge in [0.05, 0.1) is 18.7 Å². The number of benzene rings is 2. The van der Waals surface area contributed by atoms with Crippen molar-refractivity contribution in [3.05, 3.63) is 71.0 Å². The number of carbonyl (C=O) groups is 3. The van der Waals surface area contributed by atoms with Crippen LogP contribution in [0.25, 0.3) is 0 Å². The molecular formula is C18H15FN2O4. The minimum absolute atomic E-state index is 0.00339. The molecule has 1 saturated heterocycles. The van der Waals surface area contributed by atoms with Crippen LogP contribution in [0.4, 0.5) is 9.18 Å². The topological polar surface area (TPSA) is 75.7 Å². The summed E-state index contributed by atoms with van der Waals surface area (Å²) in [6.07, 6.45) is 0. The van der Waals surface area contributed by atoms with Gasteiger partial charge in [0.2, 0.25) is 5.91 Å².